The monoisotopic (exact) mass is 1170 g/mol. The maximum atomic E-state index is 13.1. The highest BCUT2D eigenvalue weighted by molar-refractivity contribution is 5.69. The molecule has 11 atom stereocenters. The summed E-state index contributed by atoms with van der Waals surface area (Å²) in [4.78, 5) is 13.1. The number of unbranched alkanes of at least 4 members (excludes halogenated alkanes) is 20. The van der Waals surface area contributed by atoms with Crippen molar-refractivity contribution < 1.29 is 69.0 Å². The summed E-state index contributed by atoms with van der Waals surface area (Å²) in [6.07, 6.45) is 58.7. The molecule has 2 fully saturated rings. The minimum Gasteiger partial charge on any atom is -0.457 e. The molecular formula is C69H116O14. The first-order valence-electron chi connectivity index (χ1n) is 32.5. The van der Waals surface area contributed by atoms with Crippen LogP contribution < -0.4 is 0 Å². The third-order valence-electron chi connectivity index (χ3n) is 14.8. The van der Waals surface area contributed by atoms with Crippen molar-refractivity contribution >= 4 is 5.97 Å². The summed E-state index contributed by atoms with van der Waals surface area (Å²) in [7, 11) is 0. The Morgan fingerprint density at radius 1 is 0.410 bits per heavy atom. The number of esters is 1. The fraction of sp³-hybridized carbons (Fsp3) is 0.725. The lowest BCUT2D eigenvalue weighted by molar-refractivity contribution is -0.332. The first-order chi connectivity index (χ1) is 40.6. The van der Waals surface area contributed by atoms with Crippen molar-refractivity contribution in [3.63, 3.8) is 0 Å². The predicted octanol–water partition coefficient (Wildman–Crippen LogP) is 13.1. The smallest absolute Gasteiger partial charge is 0.306 e. The highest BCUT2D eigenvalue weighted by Crippen LogP contribution is 2.27. The van der Waals surface area contributed by atoms with Gasteiger partial charge in [0.15, 0.2) is 12.6 Å². The normalized spacial score (nSPS) is 24.2. The van der Waals surface area contributed by atoms with Gasteiger partial charge in [-0.1, -0.05) is 220 Å². The van der Waals surface area contributed by atoms with E-state index < -0.39 is 86.7 Å². The van der Waals surface area contributed by atoms with E-state index in [-0.39, 0.29) is 19.6 Å². The Morgan fingerprint density at radius 3 is 1.23 bits per heavy atom. The summed E-state index contributed by atoms with van der Waals surface area (Å²) in [6, 6.07) is 0. The zero-order valence-corrected chi connectivity index (χ0v) is 51.4. The van der Waals surface area contributed by atoms with E-state index >= 15 is 0 Å². The molecule has 0 saturated carbocycles. The average Bonchev–Trinajstić information content (AvgIpc) is 3.67. The van der Waals surface area contributed by atoms with Gasteiger partial charge in [-0.15, -0.1) is 0 Å². The molecule has 2 aliphatic heterocycles. The van der Waals surface area contributed by atoms with Crippen LogP contribution in [0.25, 0.3) is 0 Å². The van der Waals surface area contributed by atoms with E-state index in [0.29, 0.717) is 13.0 Å². The van der Waals surface area contributed by atoms with E-state index in [1.165, 1.54) is 103 Å². The molecule has 7 N–H and O–H groups in total. The van der Waals surface area contributed by atoms with Crippen molar-refractivity contribution in [1.29, 1.82) is 0 Å². The van der Waals surface area contributed by atoms with Gasteiger partial charge in [0.05, 0.1) is 26.4 Å². The van der Waals surface area contributed by atoms with E-state index in [9.17, 15) is 40.5 Å². The lowest BCUT2D eigenvalue weighted by Gasteiger charge is -2.42. The molecule has 0 spiro atoms. The van der Waals surface area contributed by atoms with Crippen LogP contribution in [0.15, 0.2) is 109 Å². The van der Waals surface area contributed by atoms with Crippen molar-refractivity contribution in [3.05, 3.63) is 109 Å². The third-order valence-corrected chi connectivity index (χ3v) is 14.8. The molecule has 0 radical (unpaired) electrons. The van der Waals surface area contributed by atoms with Gasteiger partial charge in [-0.25, -0.2) is 0 Å². The highest BCUT2D eigenvalue weighted by Gasteiger charge is 2.47. The SMILES string of the molecule is CC/C=C\C/C=C\C/C=C\C/C=C\C/C=C\C/C=C\C/C=C\CCCCOCC(COC1OC(COC2OC(CO)C(O)C(O)C2O)C(O)C(O)C1O)OC(=O)CCCCCCCCCCCCCCC/C=C\C/C=C\CCCCCCC. The molecule has 476 valence electrons. The second-order valence-corrected chi connectivity index (χ2v) is 22.2. The molecule has 0 aromatic carbocycles. The van der Waals surface area contributed by atoms with Crippen molar-refractivity contribution in [2.45, 2.75) is 287 Å². The molecule has 14 nitrogen and oxygen atoms in total. The van der Waals surface area contributed by atoms with Crippen LogP contribution in [0, 0.1) is 0 Å². The van der Waals surface area contributed by atoms with Crippen LogP contribution in [0.3, 0.4) is 0 Å². The van der Waals surface area contributed by atoms with Gasteiger partial charge in [-0.2, -0.15) is 0 Å². The first kappa shape index (κ1) is 75.7. The number of rotatable bonds is 52. The number of aliphatic hydroxyl groups excluding tert-OH is 7. The zero-order chi connectivity index (χ0) is 60.1. The predicted molar refractivity (Wildman–Crippen MR) is 334 cm³/mol. The Morgan fingerprint density at radius 2 is 0.783 bits per heavy atom. The number of carbonyl (C=O) groups is 1. The maximum absolute atomic E-state index is 13.1. The molecule has 0 aliphatic carbocycles. The molecule has 0 aromatic rings. The van der Waals surface area contributed by atoms with E-state index in [0.717, 1.165) is 89.9 Å². The minimum atomic E-state index is -1.72. The Balaban J connectivity index is 1.70. The van der Waals surface area contributed by atoms with Crippen molar-refractivity contribution in [3.8, 4) is 0 Å². The van der Waals surface area contributed by atoms with Gasteiger partial charge in [0, 0.05) is 13.0 Å². The second-order valence-electron chi connectivity index (χ2n) is 22.2. The summed E-state index contributed by atoms with van der Waals surface area (Å²) in [5.74, 6) is -0.395. The van der Waals surface area contributed by atoms with Gasteiger partial charge in [0.2, 0.25) is 0 Å². The second kappa shape index (κ2) is 54.1. The van der Waals surface area contributed by atoms with Gasteiger partial charge in [-0.05, 0) is 103 Å². The van der Waals surface area contributed by atoms with Crippen molar-refractivity contribution in [2.24, 2.45) is 0 Å². The molecule has 14 heteroatoms. The number of aliphatic hydroxyl groups is 7. The molecule has 2 saturated heterocycles. The van der Waals surface area contributed by atoms with Crippen molar-refractivity contribution in [2.75, 3.05) is 33.0 Å². The van der Waals surface area contributed by atoms with Gasteiger partial charge in [0.25, 0.3) is 0 Å². The highest BCUT2D eigenvalue weighted by atomic mass is 16.7. The lowest BCUT2D eigenvalue weighted by atomic mass is 9.98. The maximum Gasteiger partial charge on any atom is 0.306 e. The van der Waals surface area contributed by atoms with Crippen LogP contribution in [-0.4, -0.2) is 142 Å². The standard InChI is InChI=1S/C69H116O14/c1-3-5-7-9-11-13-15-17-19-21-23-25-27-29-30-32-34-36-38-40-42-44-46-48-50-52-61(71)81-58(56-79-68-67(77)65(75)63(73)60(83-68)57-80-69-66(76)64(74)62(72)59(54-70)82-69)55-78-53-51-49-47-45-43-41-39-37-35-33-31-28-26-24-22-20-18-16-14-12-10-8-6-4-2/h6,8,12,14-15,17-18,20-21,23-24,26,31,33,37,39,43,45,58-60,62-70,72-77H,3-5,7,9-11,13,16,19,22,25,27-30,32,34-36,38,40-42,44,46-57H2,1-2H3/b8-6-,14-12-,17-15-,20-18-,23-21-,26-24-,33-31-,39-37-,45-43-. The topological polar surface area (TPSA) is 214 Å². The molecule has 0 bridgehead atoms. The zero-order valence-electron chi connectivity index (χ0n) is 51.4. The fourth-order valence-electron chi connectivity index (χ4n) is 9.59. The summed E-state index contributed by atoms with van der Waals surface area (Å²) in [5.41, 5.74) is 0. The van der Waals surface area contributed by atoms with Gasteiger partial charge >= 0.3 is 5.97 Å². The molecule has 83 heavy (non-hydrogen) atoms. The van der Waals surface area contributed by atoms with E-state index in [2.05, 4.69) is 123 Å². The number of hydrogen-bond donors (Lipinski definition) is 7. The van der Waals surface area contributed by atoms with Crippen molar-refractivity contribution in [1.82, 2.24) is 0 Å². The quantitative estimate of drug-likeness (QED) is 0.0172. The molecular weight excluding hydrogens is 1050 g/mol. The summed E-state index contributed by atoms with van der Waals surface area (Å²) in [5, 5.41) is 72.5. The Kier molecular flexibility index (Phi) is 49.3. The van der Waals surface area contributed by atoms with Crippen LogP contribution in [-0.2, 0) is 33.2 Å². The van der Waals surface area contributed by atoms with Crippen LogP contribution in [0.2, 0.25) is 0 Å². The molecule has 0 amide bonds. The van der Waals surface area contributed by atoms with Crippen LogP contribution in [0.4, 0.5) is 0 Å². The Hall–Kier alpha value is -3.35. The summed E-state index contributed by atoms with van der Waals surface area (Å²) in [6.45, 7) is 3.45. The molecule has 0 aromatic heterocycles. The molecule has 2 rings (SSSR count). The first-order valence-corrected chi connectivity index (χ1v) is 32.5. The minimum absolute atomic E-state index is 0.0250. The summed E-state index contributed by atoms with van der Waals surface area (Å²) >= 11 is 0. The van der Waals surface area contributed by atoms with Gasteiger partial charge in [-0.3, -0.25) is 4.79 Å². The largest absolute Gasteiger partial charge is 0.457 e. The summed E-state index contributed by atoms with van der Waals surface area (Å²) < 4.78 is 34.4. The fourth-order valence-corrected chi connectivity index (χ4v) is 9.59. The van der Waals surface area contributed by atoms with Gasteiger partial charge in [0.1, 0.15) is 54.9 Å². The van der Waals surface area contributed by atoms with Crippen LogP contribution >= 0.6 is 0 Å². The Labute approximate surface area is 502 Å². The van der Waals surface area contributed by atoms with Crippen LogP contribution in [0.1, 0.15) is 219 Å². The average molecular weight is 1170 g/mol. The van der Waals surface area contributed by atoms with E-state index in [1.807, 2.05) is 0 Å². The van der Waals surface area contributed by atoms with E-state index in [4.69, 9.17) is 28.4 Å². The Bertz CT molecular complexity index is 1790. The number of carbonyl (C=O) groups excluding carboxylic acids is 1. The number of ether oxygens (including phenoxy) is 6. The number of allylic oxidation sites excluding steroid dienone is 18. The third kappa shape index (κ3) is 39.9. The molecule has 2 heterocycles. The van der Waals surface area contributed by atoms with E-state index in [1.54, 1.807) is 0 Å². The lowest BCUT2D eigenvalue weighted by Crippen LogP contribution is -2.61. The van der Waals surface area contributed by atoms with Gasteiger partial charge < -0.3 is 64.2 Å². The molecule has 11 unspecified atom stereocenters. The van der Waals surface area contributed by atoms with Crippen LogP contribution in [0.5, 0.6) is 0 Å². The number of hydrogen-bond acceptors (Lipinski definition) is 14. The molecule has 2 aliphatic rings.